The van der Waals surface area contributed by atoms with Crippen molar-refractivity contribution in [2.24, 2.45) is 5.92 Å². The number of hydrogen-bond acceptors (Lipinski definition) is 5. The van der Waals surface area contributed by atoms with Crippen LogP contribution in [0.5, 0.6) is 0 Å². The molecule has 0 aliphatic rings. The SMILES string of the molecule is CC(C)Cc1nc(-c2ccc([N+](=O)[O-])cc2)nc(N)c1Br. The molecule has 0 aliphatic carbocycles. The van der Waals surface area contributed by atoms with Gasteiger partial charge in [0.25, 0.3) is 5.69 Å². The van der Waals surface area contributed by atoms with Crippen molar-refractivity contribution in [3.63, 3.8) is 0 Å². The smallest absolute Gasteiger partial charge is 0.269 e. The van der Waals surface area contributed by atoms with Gasteiger partial charge in [0.15, 0.2) is 5.82 Å². The van der Waals surface area contributed by atoms with Gasteiger partial charge in [-0.15, -0.1) is 0 Å². The van der Waals surface area contributed by atoms with Crippen LogP contribution in [0.2, 0.25) is 0 Å². The molecular formula is C14H15BrN4O2. The van der Waals surface area contributed by atoms with Crippen LogP contribution in [0, 0.1) is 16.0 Å². The van der Waals surface area contributed by atoms with E-state index in [1.165, 1.54) is 12.1 Å². The maximum Gasteiger partial charge on any atom is 0.269 e. The Morgan fingerprint density at radius 3 is 2.43 bits per heavy atom. The van der Waals surface area contributed by atoms with Crippen molar-refractivity contribution < 1.29 is 4.92 Å². The highest BCUT2D eigenvalue weighted by molar-refractivity contribution is 9.10. The zero-order valence-electron chi connectivity index (χ0n) is 11.7. The van der Waals surface area contributed by atoms with Crippen LogP contribution >= 0.6 is 15.9 Å². The van der Waals surface area contributed by atoms with Crippen LogP contribution in [0.4, 0.5) is 11.5 Å². The molecule has 0 aliphatic heterocycles. The Morgan fingerprint density at radius 2 is 1.90 bits per heavy atom. The van der Waals surface area contributed by atoms with Crippen molar-refractivity contribution in [2.45, 2.75) is 20.3 Å². The number of nitrogens with zero attached hydrogens (tertiary/aromatic N) is 3. The van der Waals surface area contributed by atoms with Gasteiger partial charge in [-0.2, -0.15) is 0 Å². The van der Waals surface area contributed by atoms with Crippen molar-refractivity contribution in [1.82, 2.24) is 9.97 Å². The van der Waals surface area contributed by atoms with E-state index in [2.05, 4.69) is 39.7 Å². The van der Waals surface area contributed by atoms with Gasteiger partial charge >= 0.3 is 0 Å². The molecule has 0 saturated heterocycles. The van der Waals surface area contributed by atoms with Crippen LogP contribution in [0.15, 0.2) is 28.7 Å². The topological polar surface area (TPSA) is 94.9 Å². The Morgan fingerprint density at radius 1 is 1.29 bits per heavy atom. The predicted molar refractivity (Wildman–Crippen MR) is 84.8 cm³/mol. The van der Waals surface area contributed by atoms with Crippen LogP contribution in [-0.4, -0.2) is 14.9 Å². The van der Waals surface area contributed by atoms with E-state index in [0.29, 0.717) is 27.6 Å². The molecule has 0 saturated carbocycles. The van der Waals surface area contributed by atoms with Crippen LogP contribution in [0.1, 0.15) is 19.5 Å². The molecule has 0 amide bonds. The Labute approximate surface area is 130 Å². The van der Waals surface area contributed by atoms with Gasteiger partial charge in [-0.25, -0.2) is 9.97 Å². The summed E-state index contributed by atoms with van der Waals surface area (Å²) in [6.45, 7) is 4.19. The Kier molecular flexibility index (Phi) is 4.52. The van der Waals surface area contributed by atoms with Gasteiger partial charge in [-0.1, -0.05) is 13.8 Å². The van der Waals surface area contributed by atoms with E-state index in [1.807, 2.05) is 0 Å². The monoisotopic (exact) mass is 350 g/mol. The highest BCUT2D eigenvalue weighted by Crippen LogP contribution is 2.27. The lowest BCUT2D eigenvalue weighted by atomic mass is 10.1. The summed E-state index contributed by atoms with van der Waals surface area (Å²) in [6, 6.07) is 6.11. The van der Waals surface area contributed by atoms with Crippen molar-refractivity contribution in [3.05, 3.63) is 44.5 Å². The van der Waals surface area contributed by atoms with Crippen molar-refractivity contribution in [2.75, 3.05) is 5.73 Å². The summed E-state index contributed by atoms with van der Waals surface area (Å²) in [5.41, 5.74) is 7.48. The molecule has 0 spiro atoms. The summed E-state index contributed by atoms with van der Waals surface area (Å²) in [5, 5.41) is 10.7. The number of halogens is 1. The van der Waals surface area contributed by atoms with Gasteiger partial charge in [-0.05, 0) is 40.4 Å². The average Bonchev–Trinajstić information content (AvgIpc) is 2.43. The van der Waals surface area contributed by atoms with Crippen LogP contribution in [-0.2, 0) is 6.42 Å². The fourth-order valence-electron chi connectivity index (χ4n) is 1.90. The molecule has 1 heterocycles. The largest absolute Gasteiger partial charge is 0.383 e. The summed E-state index contributed by atoms with van der Waals surface area (Å²) >= 11 is 3.41. The normalized spacial score (nSPS) is 10.9. The lowest BCUT2D eigenvalue weighted by molar-refractivity contribution is -0.384. The van der Waals surface area contributed by atoms with Crippen LogP contribution < -0.4 is 5.73 Å². The number of nitrogen functional groups attached to an aromatic ring is 1. The van der Waals surface area contributed by atoms with E-state index in [4.69, 9.17) is 5.73 Å². The number of nitro groups is 1. The molecule has 0 fully saturated rings. The van der Waals surface area contributed by atoms with Crippen molar-refractivity contribution in [1.29, 1.82) is 0 Å². The molecule has 1 aromatic heterocycles. The summed E-state index contributed by atoms with van der Waals surface area (Å²) in [6.07, 6.45) is 0.771. The van der Waals surface area contributed by atoms with Crippen LogP contribution in [0.3, 0.4) is 0 Å². The zero-order chi connectivity index (χ0) is 15.6. The van der Waals surface area contributed by atoms with Crippen LogP contribution in [0.25, 0.3) is 11.4 Å². The molecule has 2 N–H and O–H groups in total. The average molecular weight is 351 g/mol. The first-order chi connectivity index (χ1) is 9.88. The number of benzene rings is 1. The number of nitrogens with two attached hydrogens (primary N) is 1. The first kappa shape index (κ1) is 15.4. The Hall–Kier alpha value is -2.02. The number of anilines is 1. The van der Waals surface area contributed by atoms with E-state index < -0.39 is 4.92 Å². The molecule has 1 aromatic carbocycles. The third kappa shape index (κ3) is 3.55. The number of aromatic nitrogens is 2. The molecule has 21 heavy (non-hydrogen) atoms. The molecule has 6 nitrogen and oxygen atoms in total. The highest BCUT2D eigenvalue weighted by Gasteiger charge is 2.13. The highest BCUT2D eigenvalue weighted by atomic mass is 79.9. The summed E-state index contributed by atoms with van der Waals surface area (Å²) in [7, 11) is 0. The number of hydrogen-bond donors (Lipinski definition) is 1. The second-order valence-electron chi connectivity index (χ2n) is 5.10. The summed E-state index contributed by atoms with van der Waals surface area (Å²) < 4.78 is 0.710. The lowest BCUT2D eigenvalue weighted by Crippen LogP contribution is -2.05. The molecule has 0 atom stereocenters. The van der Waals surface area contributed by atoms with Gasteiger partial charge in [0.1, 0.15) is 5.82 Å². The predicted octanol–water partition coefficient (Wildman–Crippen LogP) is 3.60. The van der Waals surface area contributed by atoms with E-state index in [-0.39, 0.29) is 5.69 Å². The maximum atomic E-state index is 10.7. The van der Waals surface area contributed by atoms with Crippen molar-refractivity contribution in [3.8, 4) is 11.4 Å². The molecule has 110 valence electrons. The first-order valence-electron chi connectivity index (χ1n) is 6.45. The van der Waals surface area contributed by atoms with Gasteiger partial charge in [0.2, 0.25) is 0 Å². The molecule has 0 unspecified atom stereocenters. The summed E-state index contributed by atoms with van der Waals surface area (Å²) in [5.74, 6) is 1.27. The fourth-order valence-corrected chi connectivity index (χ4v) is 2.24. The number of rotatable bonds is 4. The number of nitro benzene ring substituents is 1. The minimum absolute atomic E-state index is 0.0336. The second kappa shape index (κ2) is 6.17. The standard InChI is InChI=1S/C14H15BrN4O2/c1-8(2)7-11-12(15)13(16)18-14(17-11)9-3-5-10(6-4-9)19(20)21/h3-6,8H,7H2,1-2H3,(H2,16,17,18). The van der Waals surface area contributed by atoms with E-state index >= 15 is 0 Å². The van der Waals surface area contributed by atoms with Crippen molar-refractivity contribution >= 4 is 27.4 Å². The first-order valence-corrected chi connectivity index (χ1v) is 7.24. The third-order valence-corrected chi connectivity index (χ3v) is 3.75. The Bertz CT molecular complexity index is 671. The Balaban J connectivity index is 2.43. The molecule has 2 aromatic rings. The molecule has 2 rings (SSSR count). The van der Waals surface area contributed by atoms with E-state index in [9.17, 15) is 10.1 Å². The molecular weight excluding hydrogens is 336 g/mol. The fraction of sp³-hybridized carbons (Fsp3) is 0.286. The van der Waals surface area contributed by atoms with Gasteiger partial charge in [0.05, 0.1) is 15.1 Å². The van der Waals surface area contributed by atoms with E-state index in [0.717, 1.165) is 12.1 Å². The second-order valence-corrected chi connectivity index (χ2v) is 5.89. The molecule has 7 heteroatoms. The van der Waals surface area contributed by atoms with Gasteiger partial charge in [-0.3, -0.25) is 10.1 Å². The maximum absolute atomic E-state index is 10.7. The third-order valence-electron chi connectivity index (χ3n) is 2.88. The lowest BCUT2D eigenvalue weighted by Gasteiger charge is -2.10. The molecule has 0 bridgehead atoms. The van der Waals surface area contributed by atoms with E-state index in [1.54, 1.807) is 12.1 Å². The zero-order valence-corrected chi connectivity index (χ0v) is 13.3. The molecule has 0 radical (unpaired) electrons. The summed E-state index contributed by atoms with van der Waals surface area (Å²) in [4.78, 5) is 19.0. The van der Waals surface area contributed by atoms with Gasteiger partial charge in [0, 0.05) is 17.7 Å². The number of non-ortho nitro benzene ring substituents is 1. The van der Waals surface area contributed by atoms with Gasteiger partial charge < -0.3 is 5.73 Å². The quantitative estimate of drug-likeness (QED) is 0.671. The minimum atomic E-state index is -0.440. The minimum Gasteiger partial charge on any atom is -0.383 e.